The monoisotopic (exact) mass is 300 g/mol. The Morgan fingerprint density at radius 1 is 1.40 bits per heavy atom. The van der Waals surface area contributed by atoms with Crippen LogP contribution in [0.15, 0.2) is 18.2 Å². The highest BCUT2D eigenvalue weighted by atomic mass is 35.5. The molecule has 0 radical (unpaired) electrons. The largest absolute Gasteiger partial charge is 0.480 e. The van der Waals surface area contributed by atoms with Crippen molar-refractivity contribution in [2.45, 2.75) is 32.4 Å². The Balaban J connectivity index is 2.92. The second-order valence-electron chi connectivity index (χ2n) is 5.18. The fraction of sp³-hybridized carbons (Fsp3) is 0.385. The molecule has 0 aliphatic rings. The molecule has 0 bridgehead atoms. The van der Waals surface area contributed by atoms with Crippen LogP contribution in [0.1, 0.15) is 32.4 Å². The summed E-state index contributed by atoms with van der Waals surface area (Å²) in [5.74, 6) is -1.17. The molecule has 0 spiro atoms. The van der Waals surface area contributed by atoms with E-state index in [2.05, 4.69) is 5.32 Å². The fourth-order valence-electron chi connectivity index (χ4n) is 1.39. The molecule has 1 aromatic carbocycles. The standard InChI is InChI=1S/C13H17ClN2O4/c1-13(2,3)20-12(19)16-9-6-7(4-5-8(9)14)10(15)11(17)18/h4-6,10H,15H2,1-3H3,(H,16,19)(H,17,18). The summed E-state index contributed by atoms with van der Waals surface area (Å²) in [6, 6.07) is 3.17. The van der Waals surface area contributed by atoms with Crippen molar-refractivity contribution in [2.75, 3.05) is 5.32 Å². The molecule has 6 nitrogen and oxygen atoms in total. The Morgan fingerprint density at radius 2 is 2.00 bits per heavy atom. The number of halogens is 1. The number of hydrogen-bond acceptors (Lipinski definition) is 4. The average Bonchev–Trinajstić information content (AvgIpc) is 2.28. The van der Waals surface area contributed by atoms with E-state index in [1.807, 2.05) is 0 Å². The molecule has 110 valence electrons. The summed E-state index contributed by atoms with van der Waals surface area (Å²) in [6.45, 7) is 5.18. The van der Waals surface area contributed by atoms with Gasteiger partial charge in [-0.15, -0.1) is 0 Å². The van der Waals surface area contributed by atoms with Crippen LogP contribution in [0.3, 0.4) is 0 Å². The van der Waals surface area contributed by atoms with Gasteiger partial charge in [0.05, 0.1) is 10.7 Å². The number of ether oxygens (including phenoxy) is 1. The van der Waals surface area contributed by atoms with E-state index in [0.717, 1.165) is 0 Å². The molecule has 0 fully saturated rings. The van der Waals surface area contributed by atoms with E-state index in [1.165, 1.54) is 18.2 Å². The van der Waals surface area contributed by atoms with Gasteiger partial charge in [0.25, 0.3) is 0 Å². The van der Waals surface area contributed by atoms with Crippen LogP contribution in [0.25, 0.3) is 0 Å². The maximum absolute atomic E-state index is 11.7. The number of carboxylic acid groups (broad SMARTS) is 1. The topological polar surface area (TPSA) is 102 Å². The normalized spacial score (nSPS) is 12.7. The van der Waals surface area contributed by atoms with Crippen LogP contribution in [-0.4, -0.2) is 22.8 Å². The van der Waals surface area contributed by atoms with Gasteiger partial charge in [0.1, 0.15) is 11.6 Å². The van der Waals surface area contributed by atoms with Crippen molar-refractivity contribution < 1.29 is 19.4 Å². The number of hydrogen-bond donors (Lipinski definition) is 3. The second kappa shape index (κ2) is 6.11. The first-order chi connectivity index (χ1) is 9.10. The molecule has 0 saturated carbocycles. The van der Waals surface area contributed by atoms with Crippen molar-refractivity contribution in [1.29, 1.82) is 0 Å². The summed E-state index contributed by atoms with van der Waals surface area (Å²) >= 11 is 5.94. The molecule has 1 rings (SSSR count). The Bertz CT molecular complexity index is 526. The Hall–Kier alpha value is -1.79. The zero-order valence-electron chi connectivity index (χ0n) is 11.4. The summed E-state index contributed by atoms with van der Waals surface area (Å²) in [7, 11) is 0. The Morgan fingerprint density at radius 3 is 2.50 bits per heavy atom. The predicted octanol–water partition coefficient (Wildman–Crippen LogP) is 2.77. The molecule has 1 unspecified atom stereocenters. The fourth-order valence-corrected chi connectivity index (χ4v) is 1.55. The number of nitrogens with one attached hydrogen (secondary N) is 1. The van der Waals surface area contributed by atoms with Crippen molar-refractivity contribution in [3.05, 3.63) is 28.8 Å². The predicted molar refractivity (Wildman–Crippen MR) is 75.9 cm³/mol. The first-order valence-electron chi connectivity index (χ1n) is 5.88. The molecular weight excluding hydrogens is 284 g/mol. The van der Waals surface area contributed by atoms with E-state index in [-0.39, 0.29) is 10.7 Å². The molecule has 1 amide bonds. The van der Waals surface area contributed by atoms with Gasteiger partial charge in [-0.1, -0.05) is 17.7 Å². The zero-order chi connectivity index (χ0) is 15.5. The smallest absolute Gasteiger partial charge is 0.412 e. The van der Waals surface area contributed by atoms with Gasteiger partial charge in [-0.25, -0.2) is 4.79 Å². The van der Waals surface area contributed by atoms with E-state index >= 15 is 0 Å². The number of benzene rings is 1. The lowest BCUT2D eigenvalue weighted by molar-refractivity contribution is -0.138. The van der Waals surface area contributed by atoms with E-state index in [1.54, 1.807) is 20.8 Å². The highest BCUT2D eigenvalue weighted by molar-refractivity contribution is 6.33. The number of anilines is 1. The SMILES string of the molecule is CC(C)(C)OC(=O)Nc1cc(C(N)C(=O)O)ccc1Cl. The van der Waals surface area contributed by atoms with Crippen LogP contribution in [0.2, 0.25) is 5.02 Å². The lowest BCUT2D eigenvalue weighted by atomic mass is 10.1. The molecule has 0 aromatic heterocycles. The number of amides is 1. The molecule has 7 heteroatoms. The minimum Gasteiger partial charge on any atom is -0.480 e. The molecule has 0 saturated heterocycles. The third-order valence-corrected chi connectivity index (χ3v) is 2.58. The van der Waals surface area contributed by atoms with E-state index in [9.17, 15) is 9.59 Å². The van der Waals surface area contributed by atoms with Crippen LogP contribution < -0.4 is 11.1 Å². The maximum Gasteiger partial charge on any atom is 0.412 e. The molecule has 20 heavy (non-hydrogen) atoms. The number of nitrogens with two attached hydrogens (primary N) is 1. The summed E-state index contributed by atoms with van der Waals surface area (Å²) in [4.78, 5) is 22.5. The van der Waals surface area contributed by atoms with Gasteiger partial charge in [-0.05, 0) is 38.5 Å². The molecule has 0 heterocycles. The van der Waals surface area contributed by atoms with Crippen LogP contribution in [0.5, 0.6) is 0 Å². The summed E-state index contributed by atoms with van der Waals surface area (Å²) < 4.78 is 5.09. The molecule has 4 N–H and O–H groups in total. The molecular formula is C13H17ClN2O4. The third-order valence-electron chi connectivity index (χ3n) is 2.25. The van der Waals surface area contributed by atoms with Crippen molar-refractivity contribution in [1.82, 2.24) is 0 Å². The van der Waals surface area contributed by atoms with E-state index in [4.69, 9.17) is 27.2 Å². The summed E-state index contributed by atoms with van der Waals surface area (Å²) in [5.41, 5.74) is 5.43. The van der Waals surface area contributed by atoms with Crippen molar-refractivity contribution in [3.8, 4) is 0 Å². The average molecular weight is 301 g/mol. The molecule has 1 aromatic rings. The van der Waals surface area contributed by atoms with Crippen LogP contribution in [0.4, 0.5) is 10.5 Å². The van der Waals surface area contributed by atoms with Crippen LogP contribution in [-0.2, 0) is 9.53 Å². The molecule has 0 aliphatic carbocycles. The van der Waals surface area contributed by atoms with Crippen LogP contribution in [0, 0.1) is 0 Å². The highest BCUT2D eigenvalue weighted by Crippen LogP contribution is 2.26. The van der Waals surface area contributed by atoms with Gasteiger partial charge < -0.3 is 15.6 Å². The molecule has 0 aliphatic heterocycles. The van der Waals surface area contributed by atoms with Gasteiger partial charge in [0, 0.05) is 0 Å². The summed E-state index contributed by atoms with van der Waals surface area (Å²) in [6.07, 6.45) is -0.680. The minimum absolute atomic E-state index is 0.245. The number of carbonyl (C=O) groups excluding carboxylic acids is 1. The Labute approximate surface area is 121 Å². The zero-order valence-corrected chi connectivity index (χ0v) is 12.2. The lowest BCUT2D eigenvalue weighted by Gasteiger charge is -2.20. The quantitative estimate of drug-likeness (QED) is 0.796. The number of rotatable bonds is 3. The third kappa shape index (κ3) is 4.71. The summed E-state index contributed by atoms with van der Waals surface area (Å²) in [5, 5.41) is 11.6. The number of aliphatic carboxylic acids is 1. The van der Waals surface area contributed by atoms with Gasteiger partial charge in [0.15, 0.2) is 0 Å². The van der Waals surface area contributed by atoms with E-state index < -0.39 is 23.7 Å². The van der Waals surface area contributed by atoms with Crippen molar-refractivity contribution >= 4 is 29.4 Å². The first kappa shape index (κ1) is 16.3. The Kier molecular flexibility index (Phi) is 4.97. The van der Waals surface area contributed by atoms with Crippen molar-refractivity contribution in [2.24, 2.45) is 5.73 Å². The number of carboxylic acids is 1. The first-order valence-corrected chi connectivity index (χ1v) is 6.26. The highest BCUT2D eigenvalue weighted by Gasteiger charge is 2.19. The maximum atomic E-state index is 11.7. The van der Waals surface area contributed by atoms with Crippen LogP contribution >= 0.6 is 11.6 Å². The molecule has 1 atom stereocenters. The van der Waals surface area contributed by atoms with Gasteiger partial charge >= 0.3 is 12.1 Å². The second-order valence-corrected chi connectivity index (χ2v) is 5.59. The van der Waals surface area contributed by atoms with E-state index in [0.29, 0.717) is 5.56 Å². The lowest BCUT2D eigenvalue weighted by Crippen LogP contribution is -2.27. The minimum atomic E-state index is -1.19. The van der Waals surface area contributed by atoms with Crippen molar-refractivity contribution in [3.63, 3.8) is 0 Å². The number of carbonyl (C=O) groups is 2. The van der Waals surface area contributed by atoms with Gasteiger partial charge in [0.2, 0.25) is 0 Å². The van der Waals surface area contributed by atoms with Gasteiger partial charge in [-0.2, -0.15) is 0 Å². The van der Waals surface area contributed by atoms with Gasteiger partial charge in [-0.3, -0.25) is 10.1 Å².